The number of guanidine groups is 1. The minimum Gasteiger partial charge on any atom is -0.354 e. The van der Waals surface area contributed by atoms with Crippen LogP contribution in [-0.4, -0.2) is 74.9 Å². The van der Waals surface area contributed by atoms with Crippen molar-refractivity contribution in [3.8, 4) is 0 Å². The van der Waals surface area contributed by atoms with Gasteiger partial charge in [-0.2, -0.15) is 0 Å². The van der Waals surface area contributed by atoms with Gasteiger partial charge in [0, 0.05) is 64.6 Å². The molecule has 0 amide bonds. The van der Waals surface area contributed by atoms with Gasteiger partial charge < -0.3 is 19.7 Å². The van der Waals surface area contributed by atoms with Crippen LogP contribution in [0, 0.1) is 0 Å². The zero-order chi connectivity index (χ0) is 18.9. The molecule has 0 saturated carbocycles. The molecule has 0 aliphatic carbocycles. The molecule has 0 radical (unpaired) electrons. The topological polar surface area (TPSA) is 87.4 Å². The van der Waals surface area contributed by atoms with Gasteiger partial charge in [-0.15, -0.1) is 10.2 Å². The van der Waals surface area contributed by atoms with E-state index in [1.807, 2.05) is 6.07 Å². The molecule has 9 nitrogen and oxygen atoms in total. The van der Waals surface area contributed by atoms with E-state index in [-0.39, 0.29) is 0 Å². The predicted molar refractivity (Wildman–Crippen MR) is 106 cm³/mol. The lowest BCUT2D eigenvalue weighted by Crippen LogP contribution is -2.53. The molecule has 0 spiro atoms. The third-order valence-electron chi connectivity index (χ3n) is 4.55. The molecule has 3 heterocycles. The molecular weight excluding hydrogens is 342 g/mol. The number of aryl methyl sites for hydroxylation is 1. The molecule has 3 rings (SSSR count). The van der Waals surface area contributed by atoms with Crippen LogP contribution >= 0.6 is 0 Å². The van der Waals surface area contributed by atoms with E-state index in [1.165, 1.54) is 0 Å². The third kappa shape index (κ3) is 5.15. The van der Waals surface area contributed by atoms with E-state index in [4.69, 9.17) is 4.99 Å². The fraction of sp³-hybridized carbons (Fsp3) is 0.611. The van der Waals surface area contributed by atoms with Gasteiger partial charge in [-0.05, 0) is 12.5 Å². The lowest BCUT2D eigenvalue weighted by Gasteiger charge is -2.36. The van der Waals surface area contributed by atoms with Crippen molar-refractivity contribution in [1.82, 2.24) is 34.9 Å². The van der Waals surface area contributed by atoms with Crippen molar-refractivity contribution in [1.29, 1.82) is 0 Å². The maximum atomic E-state index is 4.77. The van der Waals surface area contributed by atoms with Crippen LogP contribution in [0.1, 0.15) is 26.1 Å². The number of nitrogens with one attached hydrogen (secondary N) is 1. The van der Waals surface area contributed by atoms with E-state index in [0.717, 1.165) is 76.4 Å². The Kier molecular flexibility index (Phi) is 6.95. The van der Waals surface area contributed by atoms with Gasteiger partial charge in [0.15, 0.2) is 5.96 Å². The fourth-order valence-corrected chi connectivity index (χ4v) is 3.09. The molecule has 1 saturated heterocycles. The van der Waals surface area contributed by atoms with E-state index < -0.39 is 0 Å². The molecule has 1 aliphatic heterocycles. The molecule has 27 heavy (non-hydrogen) atoms. The highest BCUT2D eigenvalue weighted by Crippen LogP contribution is 2.10. The highest BCUT2D eigenvalue weighted by Gasteiger charge is 2.21. The van der Waals surface area contributed by atoms with Crippen LogP contribution in [0.4, 0.5) is 5.95 Å². The van der Waals surface area contributed by atoms with Crippen molar-refractivity contribution in [2.24, 2.45) is 4.99 Å². The zero-order valence-corrected chi connectivity index (χ0v) is 16.3. The summed E-state index contributed by atoms with van der Waals surface area (Å²) in [5, 5.41) is 11.6. The standard InChI is InChI=1S/C18H29N9/c1-3-6-19-17(22-9-10-27-15-23-24-16(27)4-2)25-11-13-26(14-12-25)18-20-7-5-8-21-18/h5,7-8,15H,3-4,6,9-14H2,1-2H3,(H,19,22). The van der Waals surface area contributed by atoms with Crippen LogP contribution in [0.15, 0.2) is 29.8 Å². The average molecular weight is 371 g/mol. The van der Waals surface area contributed by atoms with Gasteiger partial charge in [0.25, 0.3) is 0 Å². The summed E-state index contributed by atoms with van der Waals surface area (Å²) in [6.07, 6.45) is 7.30. The normalized spacial score (nSPS) is 15.3. The number of hydrogen-bond acceptors (Lipinski definition) is 6. The fourth-order valence-electron chi connectivity index (χ4n) is 3.09. The van der Waals surface area contributed by atoms with Gasteiger partial charge in [0.1, 0.15) is 12.2 Å². The Balaban J connectivity index is 1.54. The SMILES string of the molecule is CCCN=C(NCCn1cnnc1CC)N1CCN(c2ncccn2)CC1. The number of hydrogen-bond donors (Lipinski definition) is 1. The summed E-state index contributed by atoms with van der Waals surface area (Å²) in [5.41, 5.74) is 0. The van der Waals surface area contributed by atoms with Crippen LogP contribution in [-0.2, 0) is 13.0 Å². The first-order chi connectivity index (χ1) is 13.3. The second kappa shape index (κ2) is 9.84. The molecule has 0 atom stereocenters. The first-order valence-electron chi connectivity index (χ1n) is 9.73. The lowest BCUT2D eigenvalue weighted by atomic mass is 10.3. The van der Waals surface area contributed by atoms with E-state index in [1.54, 1.807) is 18.7 Å². The molecule has 1 fully saturated rings. The molecule has 2 aromatic heterocycles. The highest BCUT2D eigenvalue weighted by atomic mass is 15.4. The van der Waals surface area contributed by atoms with E-state index in [9.17, 15) is 0 Å². The van der Waals surface area contributed by atoms with Crippen molar-refractivity contribution >= 4 is 11.9 Å². The third-order valence-corrected chi connectivity index (χ3v) is 4.55. The maximum Gasteiger partial charge on any atom is 0.225 e. The van der Waals surface area contributed by atoms with Crippen LogP contribution < -0.4 is 10.2 Å². The molecular formula is C18H29N9. The second-order valence-electron chi connectivity index (χ2n) is 6.45. The summed E-state index contributed by atoms with van der Waals surface area (Å²) < 4.78 is 2.09. The zero-order valence-electron chi connectivity index (χ0n) is 16.3. The Bertz CT molecular complexity index is 705. The first-order valence-corrected chi connectivity index (χ1v) is 9.73. The Morgan fingerprint density at radius 1 is 1.15 bits per heavy atom. The van der Waals surface area contributed by atoms with Gasteiger partial charge >= 0.3 is 0 Å². The van der Waals surface area contributed by atoms with Crippen LogP contribution in [0.3, 0.4) is 0 Å². The van der Waals surface area contributed by atoms with Crippen molar-refractivity contribution in [2.45, 2.75) is 33.2 Å². The van der Waals surface area contributed by atoms with Gasteiger partial charge in [0.05, 0.1) is 0 Å². The average Bonchev–Trinajstić information content (AvgIpc) is 3.19. The van der Waals surface area contributed by atoms with E-state index >= 15 is 0 Å². The summed E-state index contributed by atoms with van der Waals surface area (Å²) in [7, 11) is 0. The Morgan fingerprint density at radius 3 is 2.63 bits per heavy atom. The van der Waals surface area contributed by atoms with E-state index in [0.29, 0.717) is 0 Å². The number of nitrogens with zero attached hydrogens (tertiary/aromatic N) is 8. The molecule has 1 aliphatic rings. The van der Waals surface area contributed by atoms with Crippen LogP contribution in [0.5, 0.6) is 0 Å². The lowest BCUT2D eigenvalue weighted by molar-refractivity contribution is 0.368. The summed E-state index contributed by atoms with van der Waals surface area (Å²) in [5.74, 6) is 2.80. The number of anilines is 1. The van der Waals surface area contributed by atoms with Crippen LogP contribution in [0.25, 0.3) is 0 Å². The van der Waals surface area contributed by atoms with Gasteiger partial charge in [-0.1, -0.05) is 13.8 Å². The van der Waals surface area contributed by atoms with Crippen molar-refractivity contribution in [3.63, 3.8) is 0 Å². The minimum absolute atomic E-state index is 0.801. The van der Waals surface area contributed by atoms with E-state index in [2.05, 4.69) is 53.7 Å². The minimum atomic E-state index is 0.801. The summed E-state index contributed by atoms with van der Waals surface area (Å²) in [6.45, 7) is 10.3. The highest BCUT2D eigenvalue weighted by molar-refractivity contribution is 5.80. The Labute approximate surface area is 160 Å². The summed E-state index contributed by atoms with van der Waals surface area (Å²) in [4.78, 5) is 18.0. The van der Waals surface area contributed by atoms with Crippen molar-refractivity contribution < 1.29 is 0 Å². The first kappa shape index (κ1) is 19.1. The maximum absolute atomic E-state index is 4.77. The van der Waals surface area contributed by atoms with Crippen molar-refractivity contribution in [3.05, 3.63) is 30.6 Å². The predicted octanol–water partition coefficient (Wildman–Crippen LogP) is 0.808. The molecule has 0 aromatic carbocycles. The largest absolute Gasteiger partial charge is 0.354 e. The Hall–Kier alpha value is -2.71. The number of rotatable bonds is 7. The molecule has 9 heteroatoms. The van der Waals surface area contributed by atoms with Gasteiger partial charge in [0.2, 0.25) is 5.95 Å². The smallest absolute Gasteiger partial charge is 0.225 e. The van der Waals surface area contributed by atoms with Gasteiger partial charge in [-0.25, -0.2) is 9.97 Å². The summed E-state index contributed by atoms with van der Waals surface area (Å²) in [6, 6.07) is 1.85. The van der Waals surface area contributed by atoms with Gasteiger partial charge in [-0.3, -0.25) is 4.99 Å². The molecule has 1 N–H and O–H groups in total. The number of piperazine rings is 1. The molecule has 0 bridgehead atoms. The monoisotopic (exact) mass is 371 g/mol. The van der Waals surface area contributed by atoms with Crippen molar-refractivity contribution in [2.75, 3.05) is 44.2 Å². The second-order valence-corrected chi connectivity index (χ2v) is 6.45. The molecule has 2 aromatic rings. The molecule has 146 valence electrons. The Morgan fingerprint density at radius 2 is 1.93 bits per heavy atom. The number of aromatic nitrogens is 5. The van der Waals surface area contributed by atoms with Crippen LogP contribution in [0.2, 0.25) is 0 Å². The molecule has 0 unspecified atom stereocenters. The number of aliphatic imine (C=N–C) groups is 1. The summed E-state index contributed by atoms with van der Waals surface area (Å²) >= 11 is 0. The quantitative estimate of drug-likeness (QED) is 0.569.